The van der Waals surface area contributed by atoms with Gasteiger partial charge in [0.1, 0.15) is 12.4 Å². The van der Waals surface area contributed by atoms with E-state index in [-0.39, 0.29) is 24.4 Å². The lowest BCUT2D eigenvalue weighted by Crippen LogP contribution is -2.54. The summed E-state index contributed by atoms with van der Waals surface area (Å²) >= 11 is 3.43. The van der Waals surface area contributed by atoms with Crippen molar-refractivity contribution >= 4 is 34.2 Å². The Morgan fingerprint density at radius 3 is 3.11 bits per heavy atom. The smallest absolute Gasteiger partial charge is 0.258 e. The molecule has 0 bridgehead atoms. The molecule has 0 radical (unpaired) electrons. The lowest BCUT2D eigenvalue weighted by molar-refractivity contribution is 0.0606. The number of rotatable bonds is 0. The molecule has 1 N–H and O–H groups in total. The summed E-state index contributed by atoms with van der Waals surface area (Å²) in [5, 5.41) is 3.29. The zero-order valence-corrected chi connectivity index (χ0v) is 12.1. The molecule has 0 spiro atoms. The Hall–Kier alpha value is -0.780. The topological polar surface area (TPSA) is 41.6 Å². The second-order valence-corrected chi connectivity index (χ2v) is 5.14. The van der Waals surface area contributed by atoms with Crippen LogP contribution in [0.5, 0.6) is 5.75 Å². The molecule has 1 aromatic rings. The highest BCUT2D eigenvalue weighted by Crippen LogP contribution is 2.32. The Kier molecular flexibility index (Phi) is 4.14. The molecule has 4 nitrogen and oxygen atoms in total. The van der Waals surface area contributed by atoms with Crippen LogP contribution in [0.4, 0.5) is 0 Å². The number of carbonyl (C=O) groups excluding carboxylic acids is 1. The van der Waals surface area contributed by atoms with E-state index in [9.17, 15) is 4.79 Å². The molecule has 0 aromatic heterocycles. The van der Waals surface area contributed by atoms with Crippen LogP contribution in [0, 0.1) is 0 Å². The summed E-state index contributed by atoms with van der Waals surface area (Å²) in [7, 11) is 0. The van der Waals surface area contributed by atoms with E-state index in [2.05, 4.69) is 21.2 Å². The van der Waals surface area contributed by atoms with Gasteiger partial charge in [-0.3, -0.25) is 4.79 Å². The van der Waals surface area contributed by atoms with Crippen molar-refractivity contribution in [3.05, 3.63) is 28.2 Å². The normalized spacial score (nSPS) is 22.2. The number of amides is 1. The summed E-state index contributed by atoms with van der Waals surface area (Å²) in [4.78, 5) is 14.3. The average Bonchev–Trinajstić information content (AvgIpc) is 2.50. The van der Waals surface area contributed by atoms with Gasteiger partial charge in [-0.25, -0.2) is 0 Å². The molecule has 1 aromatic carbocycles. The molecule has 1 unspecified atom stereocenters. The first kappa shape index (κ1) is 13.6. The number of halogens is 2. The summed E-state index contributed by atoms with van der Waals surface area (Å²) in [6.45, 7) is 2.95. The molecule has 1 atom stereocenters. The number of nitrogens with zero attached hydrogens (tertiary/aromatic N) is 1. The summed E-state index contributed by atoms with van der Waals surface area (Å²) in [5.41, 5.74) is 0.656. The van der Waals surface area contributed by atoms with Crippen molar-refractivity contribution in [1.82, 2.24) is 10.2 Å². The number of carbonyl (C=O) groups is 1. The van der Waals surface area contributed by atoms with E-state index in [0.717, 1.165) is 24.1 Å². The van der Waals surface area contributed by atoms with Gasteiger partial charge in [0.15, 0.2) is 0 Å². The van der Waals surface area contributed by atoms with Crippen LogP contribution < -0.4 is 10.1 Å². The quantitative estimate of drug-likeness (QED) is 0.785. The van der Waals surface area contributed by atoms with Gasteiger partial charge in [0.2, 0.25) is 0 Å². The van der Waals surface area contributed by atoms with E-state index in [4.69, 9.17) is 4.74 Å². The van der Waals surface area contributed by atoms with Gasteiger partial charge in [0.25, 0.3) is 5.91 Å². The van der Waals surface area contributed by atoms with Crippen LogP contribution in [0.3, 0.4) is 0 Å². The van der Waals surface area contributed by atoms with Gasteiger partial charge in [-0.05, 0) is 28.1 Å². The van der Waals surface area contributed by atoms with Gasteiger partial charge in [-0.1, -0.05) is 6.07 Å². The number of hydrogen-bond acceptors (Lipinski definition) is 3. The first-order valence-electron chi connectivity index (χ1n) is 5.70. The second-order valence-electron chi connectivity index (χ2n) is 4.28. The largest absolute Gasteiger partial charge is 0.489 e. The van der Waals surface area contributed by atoms with E-state index in [1.807, 2.05) is 23.1 Å². The maximum atomic E-state index is 12.4. The number of para-hydroxylation sites is 1. The van der Waals surface area contributed by atoms with E-state index < -0.39 is 0 Å². The van der Waals surface area contributed by atoms with Crippen LogP contribution in [0.15, 0.2) is 22.7 Å². The van der Waals surface area contributed by atoms with Gasteiger partial charge < -0.3 is 15.0 Å². The standard InChI is InChI=1S/C12H13BrN2O2.ClH/c13-10-3-1-2-9-11(10)17-7-8-6-14-4-5-15(8)12(9)16;/h1-3,8,14H,4-7H2;1H. The summed E-state index contributed by atoms with van der Waals surface area (Å²) < 4.78 is 6.61. The molecule has 0 saturated carbocycles. The van der Waals surface area contributed by atoms with Crippen LogP contribution >= 0.6 is 28.3 Å². The number of piperazine rings is 1. The lowest BCUT2D eigenvalue weighted by atomic mass is 10.1. The van der Waals surface area contributed by atoms with Crippen molar-refractivity contribution in [3.63, 3.8) is 0 Å². The van der Waals surface area contributed by atoms with Gasteiger partial charge in [0, 0.05) is 19.6 Å². The highest BCUT2D eigenvalue weighted by molar-refractivity contribution is 9.10. The van der Waals surface area contributed by atoms with Crippen LogP contribution in [0.2, 0.25) is 0 Å². The van der Waals surface area contributed by atoms with Crippen molar-refractivity contribution < 1.29 is 9.53 Å². The van der Waals surface area contributed by atoms with Gasteiger partial charge in [-0.15, -0.1) is 12.4 Å². The fraction of sp³-hybridized carbons (Fsp3) is 0.417. The van der Waals surface area contributed by atoms with Crippen molar-refractivity contribution in [2.45, 2.75) is 6.04 Å². The zero-order valence-electron chi connectivity index (χ0n) is 9.69. The summed E-state index contributed by atoms with van der Waals surface area (Å²) in [5.74, 6) is 0.747. The maximum Gasteiger partial charge on any atom is 0.258 e. The predicted molar refractivity (Wildman–Crippen MR) is 74.6 cm³/mol. The average molecular weight is 334 g/mol. The van der Waals surface area contributed by atoms with Crippen LogP contribution in [-0.4, -0.2) is 43.1 Å². The number of fused-ring (bicyclic) bond motifs is 2. The van der Waals surface area contributed by atoms with Crippen molar-refractivity contribution in [3.8, 4) is 5.75 Å². The van der Waals surface area contributed by atoms with Crippen molar-refractivity contribution in [2.75, 3.05) is 26.2 Å². The van der Waals surface area contributed by atoms with Gasteiger partial charge >= 0.3 is 0 Å². The first-order chi connectivity index (χ1) is 8.27. The number of ether oxygens (including phenoxy) is 1. The maximum absolute atomic E-state index is 12.4. The molecule has 1 fully saturated rings. The highest BCUT2D eigenvalue weighted by Gasteiger charge is 2.33. The molecular weight excluding hydrogens is 320 g/mol. The Labute approximate surface area is 120 Å². The van der Waals surface area contributed by atoms with E-state index in [0.29, 0.717) is 17.9 Å². The molecule has 2 aliphatic heterocycles. The van der Waals surface area contributed by atoms with Gasteiger partial charge in [-0.2, -0.15) is 0 Å². The lowest BCUT2D eigenvalue weighted by Gasteiger charge is -2.33. The minimum absolute atomic E-state index is 0. The van der Waals surface area contributed by atoms with Crippen LogP contribution in [-0.2, 0) is 0 Å². The SMILES string of the molecule is Cl.O=C1c2cccc(Br)c2OCC2CNCCN12. The van der Waals surface area contributed by atoms with Crippen LogP contribution in [0.25, 0.3) is 0 Å². The summed E-state index contributed by atoms with van der Waals surface area (Å²) in [6, 6.07) is 5.73. The zero-order chi connectivity index (χ0) is 11.8. The Morgan fingerprint density at radius 1 is 1.44 bits per heavy atom. The molecule has 2 aliphatic rings. The minimum Gasteiger partial charge on any atom is -0.489 e. The molecule has 18 heavy (non-hydrogen) atoms. The van der Waals surface area contributed by atoms with Crippen molar-refractivity contribution in [1.29, 1.82) is 0 Å². The number of benzene rings is 1. The van der Waals surface area contributed by atoms with Crippen molar-refractivity contribution in [2.24, 2.45) is 0 Å². The minimum atomic E-state index is 0. The Morgan fingerprint density at radius 2 is 2.28 bits per heavy atom. The molecule has 3 rings (SSSR count). The van der Waals surface area contributed by atoms with E-state index >= 15 is 0 Å². The highest BCUT2D eigenvalue weighted by atomic mass is 79.9. The van der Waals surface area contributed by atoms with E-state index in [1.165, 1.54) is 0 Å². The second kappa shape index (κ2) is 5.47. The molecule has 98 valence electrons. The van der Waals surface area contributed by atoms with E-state index in [1.54, 1.807) is 0 Å². The Balaban J connectivity index is 0.00000120. The fourth-order valence-corrected chi connectivity index (χ4v) is 2.82. The first-order valence-corrected chi connectivity index (χ1v) is 6.49. The van der Waals surface area contributed by atoms with Crippen LogP contribution in [0.1, 0.15) is 10.4 Å². The molecule has 1 amide bonds. The predicted octanol–water partition coefficient (Wildman–Crippen LogP) is 1.68. The third kappa shape index (κ3) is 2.22. The molecular formula is C12H14BrClN2O2. The molecule has 6 heteroatoms. The molecule has 1 saturated heterocycles. The van der Waals surface area contributed by atoms with Gasteiger partial charge in [0.05, 0.1) is 16.1 Å². The Bertz CT molecular complexity index is 469. The number of hydrogen-bond donors (Lipinski definition) is 1. The third-order valence-corrected chi connectivity index (χ3v) is 3.85. The molecule has 0 aliphatic carbocycles. The fourth-order valence-electron chi connectivity index (χ4n) is 2.34. The monoisotopic (exact) mass is 332 g/mol. The molecule has 2 heterocycles. The third-order valence-electron chi connectivity index (χ3n) is 3.23. The summed E-state index contributed by atoms with van der Waals surface area (Å²) in [6.07, 6.45) is 0. The number of nitrogens with one attached hydrogen (secondary N) is 1.